The summed E-state index contributed by atoms with van der Waals surface area (Å²) in [5.74, 6) is 0.490. The Morgan fingerprint density at radius 1 is 1.45 bits per heavy atom. The molecule has 1 aromatic rings. The minimum absolute atomic E-state index is 0.0559. The number of amides is 1. The lowest BCUT2D eigenvalue weighted by Gasteiger charge is -2.29. The lowest BCUT2D eigenvalue weighted by molar-refractivity contribution is -0.142. The Balaban J connectivity index is 2.01. The van der Waals surface area contributed by atoms with Crippen LogP contribution in [0, 0.1) is 0 Å². The average molecular weight is 342 g/mol. The first-order valence-electron chi connectivity index (χ1n) is 6.39. The highest BCUT2D eigenvalue weighted by molar-refractivity contribution is 9.10. The van der Waals surface area contributed by atoms with Crippen LogP contribution in [0.5, 0.6) is 5.75 Å². The molecule has 1 atom stereocenters. The standard InChI is InChI=1S/C14H16BrNO4/c1-10(14(18)16-4-6-19-7-5-16)20-13-3-2-11(9-17)8-12(13)15/h2-3,8-10H,4-7H2,1H3. The summed E-state index contributed by atoms with van der Waals surface area (Å²) < 4.78 is 11.5. The molecule has 0 saturated carbocycles. The molecule has 2 rings (SSSR count). The van der Waals surface area contributed by atoms with Crippen molar-refractivity contribution in [2.24, 2.45) is 0 Å². The topological polar surface area (TPSA) is 55.8 Å². The Bertz CT molecular complexity index is 500. The van der Waals surface area contributed by atoms with Gasteiger partial charge in [-0.1, -0.05) is 0 Å². The van der Waals surface area contributed by atoms with E-state index in [1.54, 1.807) is 30.0 Å². The molecule has 0 N–H and O–H groups in total. The fourth-order valence-corrected chi connectivity index (χ4v) is 2.46. The summed E-state index contributed by atoms with van der Waals surface area (Å²) in [6.45, 7) is 4.04. The van der Waals surface area contributed by atoms with Gasteiger partial charge in [0, 0.05) is 18.7 Å². The molecule has 1 unspecified atom stereocenters. The first-order chi connectivity index (χ1) is 9.61. The molecule has 5 nitrogen and oxygen atoms in total. The van der Waals surface area contributed by atoms with Crippen molar-refractivity contribution in [3.63, 3.8) is 0 Å². The molecule has 1 aliphatic heterocycles. The highest BCUT2D eigenvalue weighted by Crippen LogP contribution is 2.26. The summed E-state index contributed by atoms with van der Waals surface area (Å²) in [5.41, 5.74) is 0.552. The Morgan fingerprint density at radius 3 is 2.75 bits per heavy atom. The molecule has 1 aliphatic rings. The summed E-state index contributed by atoms with van der Waals surface area (Å²) in [6, 6.07) is 4.99. The molecule has 1 saturated heterocycles. The third-order valence-corrected chi connectivity index (χ3v) is 3.69. The van der Waals surface area contributed by atoms with E-state index in [-0.39, 0.29) is 5.91 Å². The second-order valence-electron chi connectivity index (χ2n) is 4.51. The van der Waals surface area contributed by atoms with Crippen molar-refractivity contribution >= 4 is 28.1 Å². The molecule has 1 heterocycles. The van der Waals surface area contributed by atoms with Crippen LogP contribution in [0.25, 0.3) is 0 Å². The van der Waals surface area contributed by atoms with Crippen LogP contribution in [0.4, 0.5) is 0 Å². The largest absolute Gasteiger partial charge is 0.480 e. The number of halogens is 1. The van der Waals surface area contributed by atoms with Gasteiger partial charge in [0.25, 0.3) is 5.91 Å². The molecule has 1 amide bonds. The lowest BCUT2D eigenvalue weighted by atomic mass is 10.2. The average Bonchev–Trinajstić information content (AvgIpc) is 2.49. The maximum Gasteiger partial charge on any atom is 0.263 e. The molecule has 0 spiro atoms. The van der Waals surface area contributed by atoms with Gasteiger partial charge in [0.05, 0.1) is 17.7 Å². The van der Waals surface area contributed by atoms with E-state index in [4.69, 9.17) is 9.47 Å². The normalized spacial score (nSPS) is 16.6. The van der Waals surface area contributed by atoms with Crippen LogP contribution in [0.15, 0.2) is 22.7 Å². The van der Waals surface area contributed by atoms with Crippen molar-refractivity contribution in [1.29, 1.82) is 0 Å². The zero-order chi connectivity index (χ0) is 14.5. The maximum atomic E-state index is 12.2. The van der Waals surface area contributed by atoms with Crippen LogP contribution in [0.1, 0.15) is 17.3 Å². The van der Waals surface area contributed by atoms with Gasteiger partial charge in [0.15, 0.2) is 6.10 Å². The number of carbonyl (C=O) groups excluding carboxylic acids is 2. The van der Waals surface area contributed by atoms with E-state index in [9.17, 15) is 9.59 Å². The van der Waals surface area contributed by atoms with Crippen LogP contribution in [-0.4, -0.2) is 49.5 Å². The second kappa shape index (κ2) is 6.85. The molecule has 1 fully saturated rings. The van der Waals surface area contributed by atoms with E-state index in [2.05, 4.69) is 15.9 Å². The quantitative estimate of drug-likeness (QED) is 0.784. The van der Waals surface area contributed by atoms with Gasteiger partial charge in [-0.2, -0.15) is 0 Å². The second-order valence-corrected chi connectivity index (χ2v) is 5.36. The first-order valence-corrected chi connectivity index (χ1v) is 7.19. The van der Waals surface area contributed by atoms with E-state index in [1.807, 2.05) is 0 Å². The molecular weight excluding hydrogens is 326 g/mol. The maximum absolute atomic E-state index is 12.2. The molecule has 6 heteroatoms. The zero-order valence-electron chi connectivity index (χ0n) is 11.2. The Hall–Kier alpha value is -1.40. The molecule has 108 valence electrons. The van der Waals surface area contributed by atoms with Crippen LogP contribution < -0.4 is 4.74 Å². The monoisotopic (exact) mass is 341 g/mol. The molecule has 0 bridgehead atoms. The summed E-state index contributed by atoms with van der Waals surface area (Å²) >= 11 is 3.33. The molecular formula is C14H16BrNO4. The number of aldehydes is 1. The van der Waals surface area contributed by atoms with Crippen LogP contribution >= 0.6 is 15.9 Å². The molecule has 0 radical (unpaired) electrons. The van der Waals surface area contributed by atoms with Crippen molar-refractivity contribution in [1.82, 2.24) is 4.90 Å². The SMILES string of the molecule is CC(Oc1ccc(C=O)cc1Br)C(=O)N1CCOCC1. The highest BCUT2D eigenvalue weighted by Gasteiger charge is 2.24. The fraction of sp³-hybridized carbons (Fsp3) is 0.429. The predicted octanol–water partition coefficient (Wildman–Crippen LogP) is 1.89. The number of rotatable bonds is 4. The minimum Gasteiger partial charge on any atom is -0.480 e. The Labute approximate surface area is 126 Å². The van der Waals surface area contributed by atoms with Gasteiger partial charge in [-0.25, -0.2) is 0 Å². The number of ether oxygens (including phenoxy) is 2. The summed E-state index contributed by atoms with van der Waals surface area (Å²) in [7, 11) is 0. The Morgan fingerprint density at radius 2 is 2.15 bits per heavy atom. The van der Waals surface area contributed by atoms with Crippen molar-refractivity contribution in [2.45, 2.75) is 13.0 Å². The highest BCUT2D eigenvalue weighted by atomic mass is 79.9. The molecule has 0 aromatic heterocycles. The van der Waals surface area contributed by atoms with E-state index in [0.29, 0.717) is 42.1 Å². The summed E-state index contributed by atoms with van der Waals surface area (Å²) in [5, 5.41) is 0. The number of benzene rings is 1. The van der Waals surface area contributed by atoms with Gasteiger partial charge in [-0.3, -0.25) is 9.59 Å². The fourth-order valence-electron chi connectivity index (χ4n) is 1.97. The number of carbonyl (C=O) groups is 2. The summed E-state index contributed by atoms with van der Waals surface area (Å²) in [4.78, 5) is 24.6. The Kier molecular flexibility index (Phi) is 5.14. The van der Waals surface area contributed by atoms with Crippen molar-refractivity contribution in [2.75, 3.05) is 26.3 Å². The molecule has 1 aromatic carbocycles. The van der Waals surface area contributed by atoms with Crippen molar-refractivity contribution < 1.29 is 19.1 Å². The minimum atomic E-state index is -0.577. The predicted molar refractivity (Wildman–Crippen MR) is 77.0 cm³/mol. The number of nitrogens with zero attached hydrogens (tertiary/aromatic N) is 1. The van der Waals surface area contributed by atoms with Gasteiger partial charge in [0.1, 0.15) is 12.0 Å². The van der Waals surface area contributed by atoms with Crippen molar-refractivity contribution in [3.05, 3.63) is 28.2 Å². The number of hydrogen-bond donors (Lipinski definition) is 0. The van der Waals surface area contributed by atoms with Crippen LogP contribution in [0.2, 0.25) is 0 Å². The number of hydrogen-bond acceptors (Lipinski definition) is 4. The molecule has 0 aliphatic carbocycles. The van der Waals surface area contributed by atoms with Gasteiger partial charge >= 0.3 is 0 Å². The smallest absolute Gasteiger partial charge is 0.263 e. The van der Waals surface area contributed by atoms with Crippen LogP contribution in [-0.2, 0) is 9.53 Å². The van der Waals surface area contributed by atoms with Crippen LogP contribution in [0.3, 0.4) is 0 Å². The summed E-state index contributed by atoms with van der Waals surface area (Å²) in [6.07, 6.45) is 0.183. The van der Waals surface area contributed by atoms with Gasteiger partial charge in [-0.15, -0.1) is 0 Å². The lowest BCUT2D eigenvalue weighted by Crippen LogP contribution is -2.46. The molecule has 20 heavy (non-hydrogen) atoms. The van der Waals surface area contributed by atoms with E-state index in [1.165, 1.54) is 0 Å². The first kappa shape index (κ1) is 15.0. The van der Waals surface area contributed by atoms with E-state index >= 15 is 0 Å². The van der Waals surface area contributed by atoms with E-state index < -0.39 is 6.10 Å². The van der Waals surface area contributed by atoms with Gasteiger partial charge in [0.2, 0.25) is 0 Å². The van der Waals surface area contributed by atoms with Crippen molar-refractivity contribution in [3.8, 4) is 5.75 Å². The third-order valence-electron chi connectivity index (χ3n) is 3.07. The third kappa shape index (κ3) is 3.58. The zero-order valence-corrected chi connectivity index (χ0v) is 12.8. The number of morpholine rings is 1. The van der Waals surface area contributed by atoms with Gasteiger partial charge in [-0.05, 0) is 41.1 Å². The van der Waals surface area contributed by atoms with E-state index in [0.717, 1.165) is 6.29 Å². The van der Waals surface area contributed by atoms with Gasteiger partial charge < -0.3 is 14.4 Å².